The molecule has 1 aliphatic carbocycles. The van der Waals surface area contributed by atoms with E-state index < -0.39 is 0 Å². The molecule has 1 aliphatic rings. The summed E-state index contributed by atoms with van der Waals surface area (Å²) in [6.45, 7) is 8.78. The van der Waals surface area contributed by atoms with Gasteiger partial charge in [-0.3, -0.25) is 4.79 Å². The fourth-order valence-electron chi connectivity index (χ4n) is 4.17. The average molecular weight is 353 g/mol. The Balaban J connectivity index is 2.60. The van der Waals surface area contributed by atoms with Gasteiger partial charge in [-0.05, 0) is 31.1 Å². The Morgan fingerprint density at radius 1 is 1.04 bits per heavy atom. The third-order valence-electron chi connectivity index (χ3n) is 5.83. The van der Waals surface area contributed by atoms with Gasteiger partial charge in [-0.1, -0.05) is 66.2 Å². The maximum absolute atomic E-state index is 12.2. The first-order valence-corrected chi connectivity index (χ1v) is 10.5. The number of aliphatic hydroxyl groups excluding tert-OH is 2. The van der Waals surface area contributed by atoms with Crippen LogP contribution in [0.3, 0.4) is 0 Å². The largest absolute Gasteiger partial charge is 0.509 e. The van der Waals surface area contributed by atoms with Crippen LogP contribution in [-0.4, -0.2) is 16.0 Å². The second kappa shape index (κ2) is 10.9. The predicted molar refractivity (Wildman–Crippen MR) is 105 cm³/mol. The van der Waals surface area contributed by atoms with Crippen molar-refractivity contribution in [3.63, 3.8) is 0 Å². The van der Waals surface area contributed by atoms with E-state index in [0.29, 0.717) is 19.3 Å². The summed E-state index contributed by atoms with van der Waals surface area (Å²) in [6, 6.07) is 0. The molecule has 0 bridgehead atoms. The molecule has 0 saturated heterocycles. The van der Waals surface area contributed by atoms with Crippen LogP contribution in [0.4, 0.5) is 0 Å². The first kappa shape index (κ1) is 22.1. The van der Waals surface area contributed by atoms with Crippen molar-refractivity contribution in [3.05, 3.63) is 11.5 Å². The summed E-state index contributed by atoms with van der Waals surface area (Å²) in [5.74, 6) is 0.225. The maximum atomic E-state index is 12.2. The molecule has 0 spiro atoms. The van der Waals surface area contributed by atoms with Crippen LogP contribution in [0.2, 0.25) is 0 Å². The summed E-state index contributed by atoms with van der Waals surface area (Å²) in [6.07, 6.45) is 11.6. The molecular formula is C22H40O3. The lowest BCUT2D eigenvalue weighted by Crippen LogP contribution is -2.18. The third kappa shape index (κ3) is 7.42. The fraction of sp³-hybridized carbons (Fsp3) is 0.864. The number of ketones is 1. The molecule has 0 radical (unpaired) electrons. The molecule has 0 aromatic heterocycles. The standard InChI is InChI=1S/C22H40O3/c1-5-7-8-9-10-11-17-18(12-13-19(17)23)21(25)20(24)14-16-22(3,4)15-6-2/h17-18,24-25H,5-16H2,1-4H3/b21-20+/t17-,18+/m1/s1. The van der Waals surface area contributed by atoms with Crippen molar-refractivity contribution in [3.8, 4) is 0 Å². The van der Waals surface area contributed by atoms with Gasteiger partial charge in [0.2, 0.25) is 0 Å². The molecule has 0 amide bonds. The van der Waals surface area contributed by atoms with Gasteiger partial charge < -0.3 is 10.2 Å². The molecule has 146 valence electrons. The smallest absolute Gasteiger partial charge is 0.136 e. The lowest BCUT2D eigenvalue weighted by molar-refractivity contribution is -0.121. The summed E-state index contributed by atoms with van der Waals surface area (Å²) in [5, 5.41) is 20.9. The molecule has 1 fully saturated rings. The number of allylic oxidation sites excluding steroid dienone is 2. The molecule has 25 heavy (non-hydrogen) atoms. The summed E-state index contributed by atoms with van der Waals surface area (Å²) in [7, 11) is 0. The second-order valence-corrected chi connectivity index (χ2v) is 8.67. The number of hydrogen-bond acceptors (Lipinski definition) is 3. The number of rotatable bonds is 12. The van der Waals surface area contributed by atoms with Crippen molar-refractivity contribution in [2.75, 3.05) is 0 Å². The van der Waals surface area contributed by atoms with E-state index in [1.165, 1.54) is 19.3 Å². The van der Waals surface area contributed by atoms with Gasteiger partial charge in [-0.2, -0.15) is 0 Å². The van der Waals surface area contributed by atoms with Crippen LogP contribution in [0.25, 0.3) is 0 Å². The Hall–Kier alpha value is -0.990. The minimum atomic E-state index is -0.159. The van der Waals surface area contributed by atoms with E-state index in [-0.39, 0.29) is 34.6 Å². The number of carbonyl (C=O) groups is 1. The fourth-order valence-corrected chi connectivity index (χ4v) is 4.17. The zero-order chi connectivity index (χ0) is 18.9. The SMILES string of the molecule is CCCCCCC[C@H]1C(=O)CC[C@@H]1/C(O)=C(\O)CCC(C)(C)CCC. The number of carbonyl (C=O) groups excluding carboxylic acids is 1. The summed E-state index contributed by atoms with van der Waals surface area (Å²) in [4.78, 5) is 12.2. The number of Topliss-reactive ketones (excluding diaryl/α,β-unsaturated/α-hetero) is 1. The van der Waals surface area contributed by atoms with Crippen LogP contribution >= 0.6 is 0 Å². The van der Waals surface area contributed by atoms with E-state index in [4.69, 9.17) is 0 Å². The summed E-state index contributed by atoms with van der Waals surface area (Å²) >= 11 is 0. The molecule has 0 aromatic carbocycles. The summed E-state index contributed by atoms with van der Waals surface area (Å²) in [5.41, 5.74) is 0.174. The molecule has 1 rings (SSSR count). The van der Waals surface area contributed by atoms with E-state index in [1.807, 2.05) is 0 Å². The highest BCUT2D eigenvalue weighted by atomic mass is 16.3. The van der Waals surface area contributed by atoms with E-state index >= 15 is 0 Å². The van der Waals surface area contributed by atoms with Crippen LogP contribution < -0.4 is 0 Å². The van der Waals surface area contributed by atoms with Crippen molar-refractivity contribution in [2.45, 2.75) is 105 Å². The van der Waals surface area contributed by atoms with Crippen LogP contribution in [-0.2, 0) is 4.79 Å². The first-order valence-electron chi connectivity index (χ1n) is 10.5. The van der Waals surface area contributed by atoms with Crippen molar-refractivity contribution in [1.29, 1.82) is 0 Å². The lowest BCUT2D eigenvalue weighted by atomic mass is 9.82. The van der Waals surface area contributed by atoms with E-state index in [0.717, 1.165) is 38.5 Å². The predicted octanol–water partition coefficient (Wildman–Crippen LogP) is 6.88. The molecule has 0 aromatic rings. The topological polar surface area (TPSA) is 57.5 Å². The quantitative estimate of drug-likeness (QED) is 0.297. The first-order chi connectivity index (χ1) is 11.8. The van der Waals surface area contributed by atoms with Crippen LogP contribution in [0.5, 0.6) is 0 Å². The Morgan fingerprint density at radius 2 is 1.72 bits per heavy atom. The monoisotopic (exact) mass is 352 g/mol. The molecule has 3 nitrogen and oxygen atoms in total. The molecular weight excluding hydrogens is 312 g/mol. The molecule has 0 aliphatic heterocycles. The van der Waals surface area contributed by atoms with Gasteiger partial charge in [0.25, 0.3) is 0 Å². The molecule has 2 atom stereocenters. The third-order valence-corrected chi connectivity index (χ3v) is 5.83. The van der Waals surface area contributed by atoms with Gasteiger partial charge in [0.05, 0.1) is 0 Å². The van der Waals surface area contributed by atoms with Gasteiger partial charge >= 0.3 is 0 Å². The van der Waals surface area contributed by atoms with Gasteiger partial charge in [-0.15, -0.1) is 0 Å². The highest BCUT2D eigenvalue weighted by Gasteiger charge is 2.37. The Bertz CT molecular complexity index is 437. The zero-order valence-electron chi connectivity index (χ0n) is 16.9. The van der Waals surface area contributed by atoms with Gasteiger partial charge in [0.1, 0.15) is 17.3 Å². The number of unbranched alkanes of at least 4 members (excludes halogenated alkanes) is 4. The van der Waals surface area contributed by atoms with E-state index in [1.54, 1.807) is 0 Å². The molecule has 0 heterocycles. The maximum Gasteiger partial charge on any atom is 0.136 e. The highest BCUT2D eigenvalue weighted by molar-refractivity contribution is 5.83. The van der Waals surface area contributed by atoms with E-state index in [9.17, 15) is 15.0 Å². The van der Waals surface area contributed by atoms with E-state index in [2.05, 4.69) is 27.7 Å². The molecule has 0 unspecified atom stereocenters. The van der Waals surface area contributed by atoms with Gasteiger partial charge in [0.15, 0.2) is 0 Å². The average Bonchev–Trinajstić information content (AvgIpc) is 2.92. The number of aliphatic hydroxyl groups is 2. The van der Waals surface area contributed by atoms with Crippen molar-refractivity contribution >= 4 is 5.78 Å². The Morgan fingerprint density at radius 3 is 2.36 bits per heavy atom. The minimum Gasteiger partial charge on any atom is -0.509 e. The number of hydrogen-bond donors (Lipinski definition) is 2. The molecule has 2 N–H and O–H groups in total. The van der Waals surface area contributed by atoms with Crippen molar-refractivity contribution in [2.24, 2.45) is 17.3 Å². The molecule has 1 saturated carbocycles. The Kier molecular flexibility index (Phi) is 9.60. The Labute approximate surface area is 154 Å². The zero-order valence-corrected chi connectivity index (χ0v) is 16.9. The van der Waals surface area contributed by atoms with Gasteiger partial charge in [-0.25, -0.2) is 0 Å². The van der Waals surface area contributed by atoms with Crippen LogP contribution in [0, 0.1) is 17.3 Å². The molecule has 3 heteroatoms. The van der Waals surface area contributed by atoms with Crippen molar-refractivity contribution in [1.82, 2.24) is 0 Å². The van der Waals surface area contributed by atoms with Crippen molar-refractivity contribution < 1.29 is 15.0 Å². The van der Waals surface area contributed by atoms with Crippen LogP contribution in [0.1, 0.15) is 105 Å². The normalized spacial score (nSPS) is 22.3. The minimum absolute atomic E-state index is 0.0903. The second-order valence-electron chi connectivity index (χ2n) is 8.67. The van der Waals surface area contributed by atoms with Crippen LogP contribution in [0.15, 0.2) is 11.5 Å². The highest BCUT2D eigenvalue weighted by Crippen LogP contribution is 2.39. The summed E-state index contributed by atoms with van der Waals surface area (Å²) < 4.78 is 0. The van der Waals surface area contributed by atoms with Gasteiger partial charge in [0, 0.05) is 24.7 Å². The lowest BCUT2D eigenvalue weighted by Gasteiger charge is -2.24.